The van der Waals surface area contributed by atoms with Crippen LogP contribution in [-0.4, -0.2) is 67.1 Å². The average Bonchev–Trinajstić information content (AvgIpc) is 2.71. The van der Waals surface area contributed by atoms with Gasteiger partial charge in [-0.3, -0.25) is 4.79 Å². The van der Waals surface area contributed by atoms with Gasteiger partial charge in [-0.1, -0.05) is 0 Å². The molecule has 2 heterocycles. The summed E-state index contributed by atoms with van der Waals surface area (Å²) in [6.45, 7) is 9.97. The van der Waals surface area contributed by atoms with Crippen LogP contribution in [0, 0.1) is 0 Å². The van der Waals surface area contributed by atoms with E-state index >= 15 is 0 Å². The fourth-order valence-corrected chi connectivity index (χ4v) is 3.16. The second-order valence-electron chi connectivity index (χ2n) is 6.74. The second-order valence-corrected chi connectivity index (χ2v) is 6.74. The van der Waals surface area contributed by atoms with Crippen LogP contribution in [0.1, 0.15) is 24.2 Å². The predicted molar refractivity (Wildman–Crippen MR) is 110 cm³/mol. The number of hydrogen-bond acceptors (Lipinski definition) is 6. The van der Waals surface area contributed by atoms with Crippen molar-refractivity contribution in [3.8, 4) is 0 Å². The zero-order valence-corrected chi connectivity index (χ0v) is 16.4. The van der Waals surface area contributed by atoms with Crippen molar-refractivity contribution >= 4 is 23.2 Å². The van der Waals surface area contributed by atoms with Crippen molar-refractivity contribution < 1.29 is 4.79 Å². The zero-order chi connectivity index (χ0) is 19.2. The number of carbonyl (C=O) groups excluding carboxylic acids is 1. The first kappa shape index (κ1) is 19.1. The van der Waals surface area contributed by atoms with Gasteiger partial charge >= 0.3 is 0 Å². The van der Waals surface area contributed by atoms with Crippen molar-refractivity contribution in [3.63, 3.8) is 0 Å². The third-order valence-electron chi connectivity index (χ3n) is 4.94. The van der Waals surface area contributed by atoms with Crippen molar-refractivity contribution in [2.45, 2.75) is 13.8 Å². The van der Waals surface area contributed by atoms with Crippen LogP contribution in [-0.2, 0) is 0 Å². The number of amides is 1. The van der Waals surface area contributed by atoms with E-state index in [0.29, 0.717) is 11.5 Å². The molecule has 1 fully saturated rings. The Morgan fingerprint density at radius 1 is 1.04 bits per heavy atom. The summed E-state index contributed by atoms with van der Waals surface area (Å²) in [5.74, 6) is 0.485. The molecule has 1 N–H and O–H groups in total. The number of nitrogens with one attached hydrogen (secondary N) is 1. The van der Waals surface area contributed by atoms with Gasteiger partial charge in [-0.2, -0.15) is 0 Å². The standard InChI is InChI=1S/C20H28N6O/c1-4-25(5-2)18-8-6-17(7-9-18)23-19(27)16-14-21-20(22-15-16)26-12-10-24(3)11-13-26/h6-9,14-15H,4-5,10-13H2,1-3H3,(H,23,27). The molecule has 0 spiro atoms. The van der Waals surface area contributed by atoms with Crippen LogP contribution in [0.3, 0.4) is 0 Å². The van der Waals surface area contributed by atoms with Crippen LogP contribution in [0.25, 0.3) is 0 Å². The van der Waals surface area contributed by atoms with Gasteiger partial charge in [0.15, 0.2) is 0 Å². The summed E-state index contributed by atoms with van der Waals surface area (Å²) in [6, 6.07) is 7.89. The summed E-state index contributed by atoms with van der Waals surface area (Å²) in [5, 5.41) is 2.91. The fourth-order valence-electron chi connectivity index (χ4n) is 3.16. The lowest BCUT2D eigenvalue weighted by atomic mass is 10.2. The number of benzene rings is 1. The third kappa shape index (κ3) is 4.74. The minimum atomic E-state index is -0.199. The molecule has 0 radical (unpaired) electrons. The van der Waals surface area contributed by atoms with Crippen molar-refractivity contribution in [1.82, 2.24) is 14.9 Å². The lowest BCUT2D eigenvalue weighted by Gasteiger charge is -2.32. The lowest BCUT2D eigenvalue weighted by Crippen LogP contribution is -2.45. The Morgan fingerprint density at radius 2 is 1.63 bits per heavy atom. The maximum absolute atomic E-state index is 12.5. The Bertz CT molecular complexity index is 734. The molecule has 0 aliphatic carbocycles. The van der Waals surface area contributed by atoms with Gasteiger partial charge in [0, 0.05) is 63.0 Å². The van der Waals surface area contributed by atoms with E-state index in [-0.39, 0.29) is 5.91 Å². The van der Waals surface area contributed by atoms with Crippen LogP contribution in [0.2, 0.25) is 0 Å². The Hall–Kier alpha value is -2.67. The molecule has 1 aliphatic rings. The molecule has 27 heavy (non-hydrogen) atoms. The minimum absolute atomic E-state index is 0.199. The maximum Gasteiger partial charge on any atom is 0.258 e. The lowest BCUT2D eigenvalue weighted by molar-refractivity contribution is 0.102. The van der Waals surface area contributed by atoms with Gasteiger partial charge in [0.1, 0.15) is 0 Å². The molecule has 0 saturated carbocycles. The van der Waals surface area contributed by atoms with Gasteiger partial charge in [-0.05, 0) is 45.2 Å². The highest BCUT2D eigenvalue weighted by Gasteiger charge is 2.17. The van der Waals surface area contributed by atoms with E-state index in [1.165, 1.54) is 0 Å². The monoisotopic (exact) mass is 368 g/mol. The van der Waals surface area contributed by atoms with Gasteiger partial charge in [0.2, 0.25) is 5.95 Å². The number of hydrogen-bond donors (Lipinski definition) is 1. The Kier molecular flexibility index (Phi) is 6.24. The number of rotatable bonds is 6. The summed E-state index contributed by atoms with van der Waals surface area (Å²) in [5.41, 5.74) is 2.37. The SMILES string of the molecule is CCN(CC)c1ccc(NC(=O)c2cnc(N3CCN(C)CC3)nc2)cc1. The van der Waals surface area contributed by atoms with Crippen LogP contribution in [0.15, 0.2) is 36.7 Å². The molecular formula is C20H28N6O. The summed E-state index contributed by atoms with van der Waals surface area (Å²) in [4.78, 5) is 27.9. The highest BCUT2D eigenvalue weighted by Crippen LogP contribution is 2.18. The summed E-state index contributed by atoms with van der Waals surface area (Å²) < 4.78 is 0. The quantitative estimate of drug-likeness (QED) is 0.844. The van der Waals surface area contributed by atoms with E-state index in [1.807, 2.05) is 24.3 Å². The molecule has 144 valence electrons. The Balaban J connectivity index is 1.61. The first-order chi connectivity index (χ1) is 13.1. The molecule has 1 amide bonds. The smallest absolute Gasteiger partial charge is 0.258 e. The summed E-state index contributed by atoms with van der Waals surface area (Å²) in [7, 11) is 2.11. The normalized spacial score (nSPS) is 14.9. The summed E-state index contributed by atoms with van der Waals surface area (Å²) >= 11 is 0. The number of piperazine rings is 1. The molecular weight excluding hydrogens is 340 g/mol. The number of nitrogens with zero attached hydrogens (tertiary/aromatic N) is 5. The van der Waals surface area contributed by atoms with Crippen molar-refractivity contribution in [1.29, 1.82) is 0 Å². The largest absolute Gasteiger partial charge is 0.372 e. The number of anilines is 3. The minimum Gasteiger partial charge on any atom is -0.372 e. The molecule has 1 aromatic carbocycles. The molecule has 1 aromatic heterocycles. The highest BCUT2D eigenvalue weighted by atomic mass is 16.1. The third-order valence-corrected chi connectivity index (χ3v) is 4.94. The van der Waals surface area contributed by atoms with E-state index in [9.17, 15) is 4.79 Å². The highest BCUT2D eigenvalue weighted by molar-refractivity contribution is 6.03. The molecule has 0 bridgehead atoms. The predicted octanol–water partition coefficient (Wildman–Crippen LogP) is 2.33. The number of aromatic nitrogens is 2. The molecule has 3 rings (SSSR count). The Morgan fingerprint density at radius 3 is 2.19 bits per heavy atom. The van der Waals surface area contributed by atoms with Crippen molar-refractivity contribution in [2.24, 2.45) is 0 Å². The van der Waals surface area contributed by atoms with Gasteiger partial charge < -0.3 is 20.0 Å². The van der Waals surface area contributed by atoms with Crippen LogP contribution in [0.5, 0.6) is 0 Å². The van der Waals surface area contributed by atoms with Gasteiger partial charge in [0.25, 0.3) is 5.91 Å². The van der Waals surface area contributed by atoms with Crippen molar-refractivity contribution in [2.75, 3.05) is 61.4 Å². The Labute approximate surface area is 161 Å². The molecule has 1 aliphatic heterocycles. The molecule has 0 atom stereocenters. The van der Waals surface area contributed by atoms with E-state index in [4.69, 9.17) is 0 Å². The molecule has 7 heteroatoms. The number of likely N-dealkylation sites (N-methyl/N-ethyl adjacent to an activating group) is 1. The maximum atomic E-state index is 12.5. The second kappa shape index (κ2) is 8.81. The van der Waals surface area contributed by atoms with Crippen LogP contribution in [0.4, 0.5) is 17.3 Å². The van der Waals surface area contributed by atoms with Crippen LogP contribution < -0.4 is 15.1 Å². The van der Waals surface area contributed by atoms with Crippen molar-refractivity contribution in [3.05, 3.63) is 42.2 Å². The zero-order valence-electron chi connectivity index (χ0n) is 16.4. The molecule has 2 aromatic rings. The fraction of sp³-hybridized carbons (Fsp3) is 0.450. The van der Waals surface area contributed by atoms with E-state index in [2.05, 4.69) is 50.9 Å². The van der Waals surface area contributed by atoms with Crippen LogP contribution >= 0.6 is 0 Å². The molecule has 0 unspecified atom stereocenters. The first-order valence-electron chi connectivity index (χ1n) is 9.52. The average molecular weight is 368 g/mol. The molecule has 1 saturated heterocycles. The van der Waals surface area contributed by atoms with Gasteiger partial charge in [-0.15, -0.1) is 0 Å². The topological polar surface area (TPSA) is 64.6 Å². The first-order valence-corrected chi connectivity index (χ1v) is 9.52. The van der Waals surface area contributed by atoms with Gasteiger partial charge in [0.05, 0.1) is 5.56 Å². The van der Waals surface area contributed by atoms with E-state index in [1.54, 1.807) is 12.4 Å². The number of carbonyl (C=O) groups is 1. The molecule has 7 nitrogen and oxygen atoms in total. The van der Waals surface area contributed by atoms with E-state index < -0.39 is 0 Å². The van der Waals surface area contributed by atoms with E-state index in [0.717, 1.165) is 50.6 Å². The van der Waals surface area contributed by atoms with Gasteiger partial charge in [-0.25, -0.2) is 9.97 Å². The summed E-state index contributed by atoms with van der Waals surface area (Å²) in [6.07, 6.45) is 3.19.